The summed E-state index contributed by atoms with van der Waals surface area (Å²) >= 11 is 1.39. The number of hydrogen-bond acceptors (Lipinski definition) is 6. The maximum Gasteiger partial charge on any atom is 0.266 e. The number of piperidine rings is 1. The average molecular weight is 368 g/mol. The van der Waals surface area contributed by atoms with Crippen molar-refractivity contribution in [1.29, 1.82) is 0 Å². The van der Waals surface area contributed by atoms with Crippen LogP contribution in [0.15, 0.2) is 24.0 Å². The number of carbonyl (C=O) groups excluding carboxylic acids is 1. The van der Waals surface area contributed by atoms with Crippen molar-refractivity contribution < 1.29 is 4.79 Å². The number of amides is 1. The van der Waals surface area contributed by atoms with Gasteiger partial charge in [-0.15, -0.1) is 11.3 Å². The largest absolute Gasteiger partial charge is 0.343 e. The molecule has 0 unspecified atom stereocenters. The number of imidazole rings is 1. The maximum absolute atomic E-state index is 13.1. The first kappa shape index (κ1) is 16.8. The lowest BCUT2D eigenvalue weighted by Gasteiger charge is -2.34. The summed E-state index contributed by atoms with van der Waals surface area (Å²) in [6.07, 6.45) is 6.40. The smallest absolute Gasteiger partial charge is 0.266 e. The van der Waals surface area contributed by atoms with Crippen molar-refractivity contribution in [3.8, 4) is 11.5 Å². The molecule has 1 aliphatic rings. The molecule has 7 nitrogen and oxygen atoms in total. The van der Waals surface area contributed by atoms with E-state index in [1.807, 2.05) is 24.8 Å². The highest BCUT2D eigenvalue weighted by Crippen LogP contribution is 2.32. The Hall–Kier alpha value is -2.61. The molecule has 26 heavy (non-hydrogen) atoms. The van der Waals surface area contributed by atoms with E-state index in [9.17, 15) is 4.79 Å². The van der Waals surface area contributed by atoms with E-state index in [4.69, 9.17) is 4.98 Å². The van der Waals surface area contributed by atoms with Crippen LogP contribution in [-0.2, 0) is 0 Å². The minimum absolute atomic E-state index is 0.0272. The molecule has 4 heterocycles. The molecule has 1 fully saturated rings. The molecule has 0 aliphatic carbocycles. The fraction of sp³-hybridized carbons (Fsp3) is 0.389. The van der Waals surface area contributed by atoms with E-state index in [1.54, 1.807) is 17.9 Å². The molecule has 0 aromatic carbocycles. The number of thiazole rings is 1. The highest BCUT2D eigenvalue weighted by atomic mass is 32.1. The molecule has 0 bridgehead atoms. The zero-order valence-electron chi connectivity index (χ0n) is 14.8. The Morgan fingerprint density at radius 2 is 2.15 bits per heavy atom. The molecule has 0 radical (unpaired) electrons. The van der Waals surface area contributed by atoms with Crippen molar-refractivity contribution >= 4 is 17.2 Å². The Labute approximate surface area is 155 Å². The van der Waals surface area contributed by atoms with Crippen molar-refractivity contribution in [2.75, 3.05) is 6.54 Å². The lowest BCUT2D eigenvalue weighted by Crippen LogP contribution is -2.39. The summed E-state index contributed by atoms with van der Waals surface area (Å²) in [5, 5.41) is 0. The normalized spacial score (nSPS) is 17.5. The van der Waals surface area contributed by atoms with Gasteiger partial charge in [0.05, 0.1) is 17.2 Å². The van der Waals surface area contributed by atoms with E-state index in [0.717, 1.165) is 36.3 Å². The minimum Gasteiger partial charge on any atom is -0.343 e. The fourth-order valence-corrected chi connectivity index (χ4v) is 4.11. The number of hydrogen-bond donors (Lipinski definition) is 1. The van der Waals surface area contributed by atoms with Crippen LogP contribution >= 0.6 is 11.3 Å². The number of nitrogens with one attached hydrogen (secondary N) is 1. The van der Waals surface area contributed by atoms with Crippen LogP contribution in [0, 0.1) is 13.8 Å². The standard InChI is InChI=1S/C18H20N6OS/c1-11-9-13(16-19-6-7-20-16)23-17(22-11)14-5-3-4-8-24(14)18(25)15-12(2)21-10-26-15/h6-7,9-10,14H,3-5,8H2,1-2H3,(H,19,20)/t14-/m0/s1. The number of likely N-dealkylation sites (tertiary alicyclic amines) is 1. The number of aryl methyl sites for hydroxylation is 2. The highest BCUT2D eigenvalue weighted by molar-refractivity contribution is 7.11. The van der Waals surface area contributed by atoms with Gasteiger partial charge >= 0.3 is 0 Å². The van der Waals surface area contributed by atoms with E-state index in [0.29, 0.717) is 23.1 Å². The SMILES string of the molecule is Cc1cc(-c2ncc[nH]2)nc([C@@H]2CCCCN2C(=O)c2scnc2C)n1. The first-order valence-corrected chi connectivity index (χ1v) is 9.58. The van der Waals surface area contributed by atoms with Gasteiger partial charge in [0.2, 0.25) is 0 Å². The molecular formula is C18H20N6OS. The van der Waals surface area contributed by atoms with Gasteiger partial charge in [0.15, 0.2) is 11.6 Å². The molecule has 1 saturated heterocycles. The zero-order valence-corrected chi connectivity index (χ0v) is 15.6. The molecule has 1 N–H and O–H groups in total. The zero-order chi connectivity index (χ0) is 18.1. The number of aromatic amines is 1. The van der Waals surface area contributed by atoms with Crippen molar-refractivity contribution in [1.82, 2.24) is 29.8 Å². The summed E-state index contributed by atoms with van der Waals surface area (Å²) < 4.78 is 0. The predicted octanol–water partition coefficient (Wildman–Crippen LogP) is 3.31. The second-order valence-electron chi connectivity index (χ2n) is 6.47. The summed E-state index contributed by atoms with van der Waals surface area (Å²) in [5.74, 6) is 1.43. The Balaban J connectivity index is 1.71. The number of H-pyrrole nitrogens is 1. The fourth-order valence-electron chi connectivity index (χ4n) is 3.35. The van der Waals surface area contributed by atoms with Crippen LogP contribution in [0.1, 0.15) is 52.2 Å². The number of nitrogens with zero attached hydrogens (tertiary/aromatic N) is 5. The van der Waals surface area contributed by atoms with Crippen LogP contribution in [0.4, 0.5) is 0 Å². The Morgan fingerprint density at radius 3 is 2.88 bits per heavy atom. The monoisotopic (exact) mass is 368 g/mol. The molecule has 8 heteroatoms. The van der Waals surface area contributed by atoms with Gasteiger partial charge in [0.1, 0.15) is 10.6 Å². The summed E-state index contributed by atoms with van der Waals surface area (Å²) in [5.41, 5.74) is 4.13. The van der Waals surface area contributed by atoms with Gasteiger partial charge in [-0.25, -0.2) is 19.9 Å². The summed E-state index contributed by atoms with van der Waals surface area (Å²) in [6.45, 7) is 4.54. The van der Waals surface area contributed by atoms with Crippen molar-refractivity contribution in [2.24, 2.45) is 0 Å². The second-order valence-corrected chi connectivity index (χ2v) is 7.32. The molecule has 1 atom stereocenters. The third-order valence-corrected chi connectivity index (χ3v) is 5.53. The van der Waals surface area contributed by atoms with Gasteiger partial charge in [-0.05, 0) is 39.2 Å². The van der Waals surface area contributed by atoms with Crippen LogP contribution in [0.3, 0.4) is 0 Å². The number of carbonyl (C=O) groups is 1. The van der Waals surface area contributed by atoms with Gasteiger partial charge < -0.3 is 9.88 Å². The molecule has 4 rings (SSSR count). The summed E-state index contributed by atoms with van der Waals surface area (Å²) in [7, 11) is 0. The molecule has 134 valence electrons. The van der Waals surface area contributed by atoms with Crippen LogP contribution < -0.4 is 0 Å². The predicted molar refractivity (Wildman–Crippen MR) is 98.8 cm³/mol. The van der Waals surface area contributed by atoms with E-state index in [-0.39, 0.29) is 11.9 Å². The Bertz CT molecular complexity index is 920. The van der Waals surface area contributed by atoms with Crippen molar-refractivity contribution in [3.05, 3.63) is 46.1 Å². The van der Waals surface area contributed by atoms with Gasteiger partial charge in [-0.3, -0.25) is 4.79 Å². The van der Waals surface area contributed by atoms with E-state index < -0.39 is 0 Å². The first-order chi connectivity index (χ1) is 12.6. The van der Waals surface area contributed by atoms with Crippen LogP contribution in [0.2, 0.25) is 0 Å². The molecular weight excluding hydrogens is 348 g/mol. The van der Waals surface area contributed by atoms with Crippen LogP contribution in [0.25, 0.3) is 11.5 Å². The molecule has 1 amide bonds. The minimum atomic E-state index is -0.119. The van der Waals surface area contributed by atoms with Crippen LogP contribution in [-0.4, -0.2) is 42.3 Å². The molecule has 0 spiro atoms. The van der Waals surface area contributed by atoms with E-state index in [1.165, 1.54) is 11.3 Å². The first-order valence-electron chi connectivity index (χ1n) is 8.70. The second kappa shape index (κ2) is 6.95. The van der Waals surface area contributed by atoms with Crippen LogP contribution in [0.5, 0.6) is 0 Å². The molecule has 0 saturated carbocycles. The average Bonchev–Trinajstić information content (AvgIpc) is 3.32. The topological polar surface area (TPSA) is 87.7 Å². The van der Waals surface area contributed by atoms with Gasteiger partial charge in [-0.1, -0.05) is 0 Å². The number of rotatable bonds is 3. The highest BCUT2D eigenvalue weighted by Gasteiger charge is 2.32. The summed E-state index contributed by atoms with van der Waals surface area (Å²) in [6, 6.07) is 1.79. The van der Waals surface area contributed by atoms with E-state index >= 15 is 0 Å². The van der Waals surface area contributed by atoms with Gasteiger partial charge in [0.25, 0.3) is 5.91 Å². The van der Waals surface area contributed by atoms with Crippen molar-refractivity contribution in [2.45, 2.75) is 39.2 Å². The molecule has 1 aliphatic heterocycles. The third kappa shape index (κ3) is 3.12. The lowest BCUT2D eigenvalue weighted by molar-refractivity contribution is 0.0604. The summed E-state index contributed by atoms with van der Waals surface area (Å²) in [4.78, 5) is 36.7. The van der Waals surface area contributed by atoms with E-state index in [2.05, 4.69) is 19.9 Å². The van der Waals surface area contributed by atoms with Crippen molar-refractivity contribution in [3.63, 3.8) is 0 Å². The number of aromatic nitrogens is 5. The Morgan fingerprint density at radius 1 is 1.27 bits per heavy atom. The Kier molecular flexibility index (Phi) is 4.50. The van der Waals surface area contributed by atoms with Gasteiger partial charge in [-0.2, -0.15) is 0 Å². The third-order valence-electron chi connectivity index (χ3n) is 4.61. The maximum atomic E-state index is 13.1. The lowest BCUT2D eigenvalue weighted by atomic mass is 10.0. The molecule has 3 aromatic heterocycles. The van der Waals surface area contributed by atoms with Gasteiger partial charge in [0, 0.05) is 24.6 Å². The quantitative estimate of drug-likeness (QED) is 0.766. The molecule has 3 aromatic rings.